The molecule has 1 atom stereocenters. The Morgan fingerprint density at radius 2 is 1.26 bits per heavy atom. The number of rotatable bonds is 4. The molecule has 0 fully saturated rings. The minimum absolute atomic E-state index is 0.104. The largest absolute Gasteiger partial charge is 0.344 e. The van der Waals surface area contributed by atoms with Gasteiger partial charge in [0.25, 0.3) is 0 Å². The molecule has 0 spiro atoms. The van der Waals surface area contributed by atoms with E-state index in [1.165, 1.54) is 73.7 Å². The van der Waals surface area contributed by atoms with Crippen LogP contribution < -0.4 is 5.32 Å². The van der Waals surface area contributed by atoms with E-state index in [9.17, 15) is 0 Å². The third kappa shape index (κ3) is 4.71. The van der Waals surface area contributed by atoms with E-state index in [2.05, 4.69) is 171 Å². The first-order valence-corrected chi connectivity index (χ1v) is 19.7. The molecule has 0 amide bonds. The van der Waals surface area contributed by atoms with Crippen molar-refractivity contribution in [2.75, 3.05) is 0 Å². The summed E-state index contributed by atoms with van der Waals surface area (Å²) >= 11 is 3.67. The molecule has 11 rings (SSSR count). The van der Waals surface area contributed by atoms with Gasteiger partial charge in [-0.05, 0) is 63.2 Å². The van der Waals surface area contributed by atoms with Gasteiger partial charge in [0, 0.05) is 56.9 Å². The highest BCUT2D eigenvalue weighted by Gasteiger charge is 2.36. The highest BCUT2D eigenvalue weighted by atomic mass is 32.1. The van der Waals surface area contributed by atoms with Crippen molar-refractivity contribution in [1.29, 1.82) is 0 Å². The molecule has 5 heteroatoms. The molecule has 53 heavy (non-hydrogen) atoms. The average Bonchev–Trinajstić information content (AvgIpc) is 3.85. The third-order valence-corrected chi connectivity index (χ3v) is 13.5. The predicted octanol–water partition coefficient (Wildman–Crippen LogP) is 12.9. The minimum Gasteiger partial charge on any atom is -0.344 e. The lowest BCUT2D eigenvalue weighted by Crippen LogP contribution is -2.33. The van der Waals surface area contributed by atoms with Gasteiger partial charge >= 0.3 is 0 Å². The summed E-state index contributed by atoms with van der Waals surface area (Å²) in [5.74, 6) is 1.59. The van der Waals surface area contributed by atoms with E-state index < -0.39 is 0 Å². The summed E-state index contributed by atoms with van der Waals surface area (Å²) in [6.45, 7) is 4.67. The number of thiophene rings is 2. The van der Waals surface area contributed by atoms with Crippen LogP contribution in [0.2, 0.25) is 0 Å². The number of nitrogens with zero attached hydrogens (tertiary/aromatic N) is 2. The molecule has 3 nitrogen and oxygen atoms in total. The van der Waals surface area contributed by atoms with Crippen molar-refractivity contribution < 1.29 is 0 Å². The lowest BCUT2D eigenvalue weighted by atomic mass is 9.82. The van der Waals surface area contributed by atoms with Gasteiger partial charge in [0.1, 0.15) is 12.0 Å². The second-order valence-corrected chi connectivity index (χ2v) is 16.7. The molecule has 0 saturated heterocycles. The first-order chi connectivity index (χ1) is 26.0. The Kier molecular flexibility index (Phi) is 6.70. The fraction of sp³-hybridized carbons (Fsp3) is 0.0833. The van der Waals surface area contributed by atoms with E-state index >= 15 is 0 Å². The molecule has 2 aliphatic rings. The van der Waals surface area contributed by atoms with Gasteiger partial charge in [0.05, 0.1) is 0 Å². The summed E-state index contributed by atoms with van der Waals surface area (Å²) in [4.78, 5) is 10.7. The Labute approximate surface area is 315 Å². The van der Waals surface area contributed by atoms with E-state index in [1.54, 1.807) is 0 Å². The molecular weight excluding hydrogens is 683 g/mol. The van der Waals surface area contributed by atoms with E-state index in [-0.39, 0.29) is 11.6 Å². The number of aliphatic imine (C=N–C) groups is 2. The molecule has 9 aromatic rings. The van der Waals surface area contributed by atoms with Crippen LogP contribution in [-0.2, 0) is 5.41 Å². The van der Waals surface area contributed by atoms with Crippen LogP contribution in [0.15, 0.2) is 162 Å². The monoisotopic (exact) mass is 715 g/mol. The van der Waals surface area contributed by atoms with Crippen LogP contribution in [0.1, 0.15) is 47.8 Å². The standard InChI is InChI=1S/C48H33N3S2/c1-48(2)38-19-8-6-14-32(38)33-24-22-29(26-39(33)48)45-49-46(51-47(50-45)37-18-10-17-35-34-15-7-9-20-40(34)53-44(35)37)30-23-25-36-42(27-30)52-41-21-11-16-31(43(36)41)28-12-4-3-5-13-28/h3-27,45H,1-2H3,(H,49,50,51). The van der Waals surface area contributed by atoms with Crippen molar-refractivity contribution in [3.8, 4) is 22.3 Å². The Hall–Kier alpha value is -5.88. The molecule has 1 unspecified atom stereocenters. The molecule has 0 bridgehead atoms. The van der Waals surface area contributed by atoms with Crippen molar-refractivity contribution in [3.05, 3.63) is 179 Å². The van der Waals surface area contributed by atoms with E-state index in [1.807, 2.05) is 22.7 Å². The summed E-state index contributed by atoms with van der Waals surface area (Å²) < 4.78 is 5.03. The second kappa shape index (κ2) is 11.6. The molecule has 252 valence electrons. The van der Waals surface area contributed by atoms with Crippen LogP contribution in [0.25, 0.3) is 62.6 Å². The summed E-state index contributed by atoms with van der Waals surface area (Å²) in [5.41, 5.74) is 11.0. The SMILES string of the molecule is CC1(C)c2ccccc2-c2ccc(C3N=C(c4ccc5c(c4)sc4cccc(-c6ccccc6)c45)N=C(c4cccc5c4sc4ccccc45)N3)cc21. The summed E-state index contributed by atoms with van der Waals surface area (Å²) in [6.07, 6.45) is -0.310. The van der Waals surface area contributed by atoms with Crippen LogP contribution in [0.3, 0.4) is 0 Å². The predicted molar refractivity (Wildman–Crippen MR) is 227 cm³/mol. The lowest BCUT2D eigenvalue weighted by Gasteiger charge is -2.26. The molecule has 0 saturated carbocycles. The van der Waals surface area contributed by atoms with Gasteiger partial charge in [-0.1, -0.05) is 141 Å². The van der Waals surface area contributed by atoms with Crippen molar-refractivity contribution in [3.63, 3.8) is 0 Å². The van der Waals surface area contributed by atoms with Gasteiger partial charge in [-0.2, -0.15) is 0 Å². The van der Waals surface area contributed by atoms with Gasteiger partial charge in [0.15, 0.2) is 5.84 Å². The maximum atomic E-state index is 5.40. The van der Waals surface area contributed by atoms with Crippen molar-refractivity contribution in [2.45, 2.75) is 25.4 Å². The highest BCUT2D eigenvalue weighted by molar-refractivity contribution is 7.26. The molecular formula is C48H33N3S2. The molecule has 0 radical (unpaired) electrons. The quantitative estimate of drug-likeness (QED) is 0.193. The topological polar surface area (TPSA) is 36.8 Å². The van der Waals surface area contributed by atoms with E-state index in [0.717, 1.165) is 28.4 Å². The van der Waals surface area contributed by atoms with Crippen LogP contribution in [0.5, 0.6) is 0 Å². The normalized spacial score (nSPS) is 16.1. The number of hydrogen-bond donors (Lipinski definition) is 1. The van der Waals surface area contributed by atoms with Crippen molar-refractivity contribution in [2.24, 2.45) is 9.98 Å². The zero-order valence-electron chi connectivity index (χ0n) is 29.2. The van der Waals surface area contributed by atoms with E-state index in [4.69, 9.17) is 9.98 Å². The number of nitrogens with one attached hydrogen (secondary N) is 1. The molecule has 1 N–H and O–H groups in total. The van der Waals surface area contributed by atoms with Crippen LogP contribution >= 0.6 is 22.7 Å². The third-order valence-electron chi connectivity index (χ3n) is 11.2. The lowest BCUT2D eigenvalue weighted by molar-refractivity contribution is 0.646. The van der Waals surface area contributed by atoms with Crippen LogP contribution in [0.4, 0.5) is 0 Å². The van der Waals surface area contributed by atoms with Gasteiger partial charge < -0.3 is 5.32 Å². The van der Waals surface area contributed by atoms with Crippen molar-refractivity contribution in [1.82, 2.24) is 5.32 Å². The number of amidine groups is 2. The number of benzene rings is 7. The zero-order chi connectivity index (χ0) is 35.3. The number of fused-ring (bicyclic) bond motifs is 9. The summed E-state index contributed by atoms with van der Waals surface area (Å²) in [6, 6.07) is 55.1. The summed E-state index contributed by atoms with van der Waals surface area (Å²) in [5, 5.41) is 8.92. The smallest absolute Gasteiger partial charge is 0.159 e. The maximum Gasteiger partial charge on any atom is 0.159 e. The minimum atomic E-state index is -0.310. The molecule has 1 aliphatic heterocycles. The first kappa shape index (κ1) is 30.7. The summed E-state index contributed by atoms with van der Waals surface area (Å²) in [7, 11) is 0. The van der Waals surface area contributed by atoms with Gasteiger partial charge in [-0.15, -0.1) is 22.7 Å². The Morgan fingerprint density at radius 3 is 2.19 bits per heavy atom. The van der Waals surface area contributed by atoms with Gasteiger partial charge in [-0.25, -0.2) is 9.98 Å². The Balaban J connectivity index is 1.08. The zero-order valence-corrected chi connectivity index (χ0v) is 30.9. The molecule has 7 aromatic carbocycles. The highest BCUT2D eigenvalue weighted by Crippen LogP contribution is 2.49. The fourth-order valence-electron chi connectivity index (χ4n) is 8.53. The number of hydrogen-bond acceptors (Lipinski definition) is 5. The maximum absolute atomic E-state index is 5.40. The van der Waals surface area contributed by atoms with Gasteiger partial charge in [0.2, 0.25) is 0 Å². The van der Waals surface area contributed by atoms with E-state index in [0.29, 0.717) is 0 Å². The Morgan fingerprint density at radius 1 is 0.528 bits per heavy atom. The van der Waals surface area contributed by atoms with Crippen LogP contribution in [0, 0.1) is 0 Å². The van der Waals surface area contributed by atoms with Gasteiger partial charge in [-0.3, -0.25) is 0 Å². The first-order valence-electron chi connectivity index (χ1n) is 18.1. The van der Waals surface area contributed by atoms with Crippen LogP contribution in [-0.4, -0.2) is 11.7 Å². The van der Waals surface area contributed by atoms with Crippen molar-refractivity contribution >= 4 is 74.7 Å². The average molecular weight is 716 g/mol. The molecule has 3 heterocycles. The second-order valence-electron chi connectivity index (χ2n) is 14.6. The fourth-order valence-corrected chi connectivity index (χ4v) is 10.9. The molecule has 1 aliphatic carbocycles. The molecule has 2 aromatic heterocycles. The Bertz CT molecular complexity index is 3020.